The molecular weight excluding hydrogens is 326 g/mol. The van der Waals surface area contributed by atoms with Crippen LogP contribution in [0.1, 0.15) is 26.7 Å². The third kappa shape index (κ3) is 4.38. The van der Waals surface area contributed by atoms with Gasteiger partial charge in [0, 0.05) is 6.04 Å². The molecule has 0 radical (unpaired) electrons. The van der Waals surface area contributed by atoms with Crippen molar-refractivity contribution in [1.29, 1.82) is 0 Å². The summed E-state index contributed by atoms with van der Waals surface area (Å²) in [5, 5.41) is 3.26. The van der Waals surface area contributed by atoms with Crippen LogP contribution < -0.4 is 14.8 Å². The first-order chi connectivity index (χ1) is 11.4. The van der Waals surface area contributed by atoms with Gasteiger partial charge in [0.05, 0.1) is 22.9 Å². The number of pyridine rings is 1. The average molecular weight is 347 g/mol. The van der Waals surface area contributed by atoms with E-state index in [9.17, 15) is 8.42 Å². The highest BCUT2D eigenvalue weighted by Gasteiger charge is 2.21. The standard InChI is InChI=1S/C17H21N3O3S/c1-12(2)23-15-6-8-16(9-7-15)24(21,22)20-14-5-10-17(18-11-14)19-13-3-4-13/h5-13,20H,3-4H2,1-2H3,(H,18,19). The summed E-state index contributed by atoms with van der Waals surface area (Å²) in [6.07, 6.45) is 3.87. The minimum Gasteiger partial charge on any atom is -0.491 e. The molecule has 24 heavy (non-hydrogen) atoms. The number of sulfonamides is 1. The van der Waals surface area contributed by atoms with Crippen molar-refractivity contribution in [3.8, 4) is 5.75 Å². The molecule has 6 nitrogen and oxygen atoms in total. The van der Waals surface area contributed by atoms with Crippen LogP contribution >= 0.6 is 0 Å². The number of anilines is 2. The first-order valence-electron chi connectivity index (χ1n) is 7.94. The maximum absolute atomic E-state index is 12.4. The van der Waals surface area contributed by atoms with Crippen LogP contribution in [0, 0.1) is 0 Å². The molecule has 2 N–H and O–H groups in total. The van der Waals surface area contributed by atoms with Gasteiger partial charge in [0.1, 0.15) is 11.6 Å². The lowest BCUT2D eigenvalue weighted by molar-refractivity contribution is 0.242. The summed E-state index contributed by atoms with van der Waals surface area (Å²) in [7, 11) is -3.65. The first kappa shape index (κ1) is 16.6. The Balaban J connectivity index is 1.68. The zero-order valence-corrected chi connectivity index (χ0v) is 14.5. The van der Waals surface area contributed by atoms with Gasteiger partial charge < -0.3 is 10.1 Å². The molecule has 0 atom stereocenters. The van der Waals surface area contributed by atoms with E-state index >= 15 is 0 Å². The fourth-order valence-corrected chi connectivity index (χ4v) is 3.20. The summed E-state index contributed by atoms with van der Waals surface area (Å²) in [5.41, 5.74) is 0.429. The molecule has 0 spiro atoms. The highest BCUT2D eigenvalue weighted by molar-refractivity contribution is 7.92. The van der Waals surface area contributed by atoms with Gasteiger partial charge in [0.2, 0.25) is 0 Å². The van der Waals surface area contributed by atoms with Crippen molar-refractivity contribution >= 4 is 21.5 Å². The Morgan fingerprint density at radius 3 is 2.38 bits per heavy atom. The van der Waals surface area contributed by atoms with Gasteiger partial charge in [-0.3, -0.25) is 4.72 Å². The molecule has 1 aromatic carbocycles. The number of nitrogens with zero attached hydrogens (tertiary/aromatic N) is 1. The van der Waals surface area contributed by atoms with Crippen molar-refractivity contribution < 1.29 is 13.2 Å². The molecule has 0 bridgehead atoms. The minimum absolute atomic E-state index is 0.0411. The maximum Gasteiger partial charge on any atom is 0.261 e. The van der Waals surface area contributed by atoms with Crippen molar-refractivity contribution in [2.75, 3.05) is 10.0 Å². The Morgan fingerprint density at radius 2 is 1.83 bits per heavy atom. The van der Waals surface area contributed by atoms with Crippen LogP contribution in [0.3, 0.4) is 0 Å². The molecule has 1 heterocycles. The fourth-order valence-electron chi connectivity index (χ4n) is 2.16. The van der Waals surface area contributed by atoms with Gasteiger partial charge >= 0.3 is 0 Å². The van der Waals surface area contributed by atoms with Gasteiger partial charge in [-0.2, -0.15) is 0 Å². The molecule has 0 aliphatic heterocycles. The van der Waals surface area contributed by atoms with Crippen LogP contribution in [0.4, 0.5) is 11.5 Å². The van der Waals surface area contributed by atoms with E-state index in [-0.39, 0.29) is 11.0 Å². The van der Waals surface area contributed by atoms with Crippen molar-refractivity contribution in [1.82, 2.24) is 4.98 Å². The van der Waals surface area contributed by atoms with Crippen LogP contribution in [0.5, 0.6) is 5.75 Å². The van der Waals surface area contributed by atoms with Crippen LogP contribution in [-0.4, -0.2) is 25.5 Å². The molecule has 1 fully saturated rings. The van der Waals surface area contributed by atoms with E-state index in [1.165, 1.54) is 18.3 Å². The summed E-state index contributed by atoms with van der Waals surface area (Å²) in [6.45, 7) is 3.84. The smallest absolute Gasteiger partial charge is 0.261 e. The topological polar surface area (TPSA) is 80.3 Å². The Morgan fingerprint density at radius 1 is 1.12 bits per heavy atom. The van der Waals surface area contributed by atoms with Gasteiger partial charge in [-0.05, 0) is 63.1 Å². The molecule has 128 valence electrons. The molecule has 1 aliphatic carbocycles. The second-order valence-electron chi connectivity index (χ2n) is 6.09. The van der Waals surface area contributed by atoms with Gasteiger partial charge in [-0.25, -0.2) is 13.4 Å². The number of aromatic nitrogens is 1. The third-order valence-corrected chi connectivity index (χ3v) is 4.85. The molecule has 1 saturated carbocycles. The van der Waals surface area contributed by atoms with Gasteiger partial charge in [-0.15, -0.1) is 0 Å². The second kappa shape index (κ2) is 6.68. The van der Waals surface area contributed by atoms with E-state index in [1.807, 2.05) is 13.8 Å². The molecule has 1 aromatic heterocycles. The maximum atomic E-state index is 12.4. The molecule has 0 amide bonds. The minimum atomic E-state index is -3.65. The molecular formula is C17H21N3O3S. The van der Waals surface area contributed by atoms with Crippen molar-refractivity contribution in [2.24, 2.45) is 0 Å². The Bertz CT molecular complexity index is 783. The third-order valence-electron chi connectivity index (χ3n) is 3.45. The lowest BCUT2D eigenvalue weighted by Crippen LogP contribution is -2.13. The lowest BCUT2D eigenvalue weighted by Gasteiger charge is -2.11. The summed E-state index contributed by atoms with van der Waals surface area (Å²) in [4.78, 5) is 4.40. The number of benzene rings is 1. The monoisotopic (exact) mass is 347 g/mol. The van der Waals surface area contributed by atoms with E-state index in [1.54, 1.807) is 24.3 Å². The van der Waals surface area contributed by atoms with Crippen LogP contribution in [-0.2, 0) is 10.0 Å². The SMILES string of the molecule is CC(C)Oc1ccc(S(=O)(=O)Nc2ccc(NC3CC3)nc2)cc1. The molecule has 3 rings (SSSR count). The largest absolute Gasteiger partial charge is 0.491 e. The zero-order valence-electron chi connectivity index (χ0n) is 13.7. The number of hydrogen-bond acceptors (Lipinski definition) is 5. The molecule has 2 aromatic rings. The normalized spacial score (nSPS) is 14.5. The number of ether oxygens (including phenoxy) is 1. The molecule has 1 aliphatic rings. The van der Waals surface area contributed by atoms with E-state index in [4.69, 9.17) is 4.74 Å². The molecule has 7 heteroatoms. The fraction of sp³-hybridized carbons (Fsp3) is 0.353. The van der Waals surface area contributed by atoms with Crippen molar-refractivity contribution in [3.05, 3.63) is 42.6 Å². The highest BCUT2D eigenvalue weighted by Crippen LogP contribution is 2.24. The Kier molecular flexibility index (Phi) is 4.62. The van der Waals surface area contributed by atoms with Crippen LogP contribution in [0.15, 0.2) is 47.5 Å². The van der Waals surface area contributed by atoms with Gasteiger partial charge in [0.15, 0.2) is 0 Å². The highest BCUT2D eigenvalue weighted by atomic mass is 32.2. The average Bonchev–Trinajstić information content (AvgIpc) is 3.33. The number of hydrogen-bond donors (Lipinski definition) is 2. The predicted octanol–water partition coefficient (Wildman–Crippen LogP) is 3.24. The van der Waals surface area contributed by atoms with Gasteiger partial charge in [-0.1, -0.05) is 0 Å². The van der Waals surface area contributed by atoms with Gasteiger partial charge in [0.25, 0.3) is 10.0 Å². The summed E-state index contributed by atoms with van der Waals surface area (Å²) in [5.74, 6) is 1.40. The molecule has 0 saturated heterocycles. The predicted molar refractivity (Wildman–Crippen MR) is 93.9 cm³/mol. The Labute approximate surface area is 142 Å². The first-order valence-corrected chi connectivity index (χ1v) is 9.43. The summed E-state index contributed by atoms with van der Waals surface area (Å²) in [6, 6.07) is 10.3. The number of rotatable bonds is 7. The summed E-state index contributed by atoms with van der Waals surface area (Å²) >= 11 is 0. The van der Waals surface area contributed by atoms with E-state index in [0.717, 1.165) is 18.7 Å². The summed E-state index contributed by atoms with van der Waals surface area (Å²) < 4.78 is 32.9. The van der Waals surface area contributed by atoms with E-state index in [2.05, 4.69) is 15.0 Å². The van der Waals surface area contributed by atoms with E-state index in [0.29, 0.717) is 17.5 Å². The second-order valence-corrected chi connectivity index (χ2v) is 7.78. The Hall–Kier alpha value is -2.28. The van der Waals surface area contributed by atoms with Crippen LogP contribution in [0.2, 0.25) is 0 Å². The lowest BCUT2D eigenvalue weighted by atomic mass is 10.3. The number of nitrogens with one attached hydrogen (secondary N) is 2. The molecule has 0 unspecified atom stereocenters. The zero-order chi connectivity index (χ0) is 17.2. The quantitative estimate of drug-likeness (QED) is 0.804. The van der Waals surface area contributed by atoms with Crippen molar-refractivity contribution in [3.63, 3.8) is 0 Å². The van der Waals surface area contributed by atoms with Crippen molar-refractivity contribution in [2.45, 2.75) is 43.7 Å². The van der Waals surface area contributed by atoms with E-state index < -0.39 is 10.0 Å². The van der Waals surface area contributed by atoms with Crippen LogP contribution in [0.25, 0.3) is 0 Å².